The monoisotopic (exact) mass is 263 g/mol. The Morgan fingerprint density at radius 2 is 2.24 bits per heavy atom. The molecule has 0 saturated carbocycles. The second kappa shape index (κ2) is 6.32. The molecule has 1 aliphatic rings. The Morgan fingerprint density at radius 1 is 1.59 bits per heavy atom. The van der Waals surface area contributed by atoms with Gasteiger partial charge in [0.1, 0.15) is 7.85 Å². The molecule has 1 heterocycles. The van der Waals surface area contributed by atoms with Gasteiger partial charge in [-0.05, 0) is 28.2 Å². The van der Waals surface area contributed by atoms with Crippen molar-refractivity contribution in [3.8, 4) is 0 Å². The normalized spacial score (nSPS) is 30.4. The highest BCUT2D eigenvalue weighted by molar-refractivity contribution is 7.54. The Hall–Kier alpha value is 0.0949. The minimum atomic E-state index is -2.89. The van der Waals surface area contributed by atoms with Crippen molar-refractivity contribution in [2.45, 2.75) is 12.1 Å². The average molecular weight is 263 g/mol. The maximum absolute atomic E-state index is 12.2. The quantitative estimate of drug-likeness (QED) is 0.517. The van der Waals surface area contributed by atoms with Gasteiger partial charge in [0.15, 0.2) is 0 Å². The fourth-order valence-electron chi connectivity index (χ4n) is 1.93. The molecule has 8 heteroatoms. The van der Waals surface area contributed by atoms with Crippen molar-refractivity contribution in [2.75, 3.05) is 47.9 Å². The van der Waals surface area contributed by atoms with Crippen LogP contribution in [0.25, 0.3) is 0 Å². The molecule has 1 saturated heterocycles. The smallest absolute Gasteiger partial charge is 0.342 e. The number of nitrogens with zero attached hydrogens (tertiary/aromatic N) is 2. The molecule has 3 unspecified atom stereocenters. The lowest BCUT2D eigenvalue weighted by molar-refractivity contribution is -0.0604. The maximum atomic E-state index is 12.2. The Morgan fingerprint density at radius 3 is 2.71 bits per heavy atom. The lowest BCUT2D eigenvalue weighted by atomic mass is 9.98. The van der Waals surface area contributed by atoms with Crippen LogP contribution < -0.4 is 5.09 Å². The van der Waals surface area contributed by atoms with E-state index in [-0.39, 0.29) is 12.1 Å². The van der Waals surface area contributed by atoms with E-state index in [1.165, 1.54) is 0 Å². The summed E-state index contributed by atoms with van der Waals surface area (Å²) in [6.45, 7) is 2.07. The second-order valence-electron chi connectivity index (χ2n) is 4.68. The predicted molar refractivity (Wildman–Crippen MR) is 71.0 cm³/mol. The van der Waals surface area contributed by atoms with Gasteiger partial charge < -0.3 is 14.2 Å². The molecular weight excluding hydrogens is 240 g/mol. The van der Waals surface area contributed by atoms with Gasteiger partial charge in [-0.15, -0.1) is 0 Å². The van der Waals surface area contributed by atoms with Crippen LogP contribution in [-0.4, -0.2) is 77.4 Å². The van der Waals surface area contributed by atoms with Gasteiger partial charge in [0.2, 0.25) is 0 Å². The minimum Gasteiger partial charge on any atom is -0.379 e. The number of rotatable bonds is 5. The number of likely N-dealkylation sites (N-methyl/N-ethyl adjacent to an activating group) is 1. The summed E-state index contributed by atoms with van der Waals surface area (Å²) in [4.78, 5) is 2.20. The number of hydrogen-bond acceptors (Lipinski definition) is 4. The van der Waals surface area contributed by atoms with E-state index in [1.54, 1.807) is 25.8 Å². The molecule has 0 aromatic heterocycles. The highest BCUT2D eigenvalue weighted by Crippen LogP contribution is 2.43. The molecule has 0 aliphatic carbocycles. The third-order valence-corrected chi connectivity index (χ3v) is 4.87. The molecule has 17 heavy (non-hydrogen) atoms. The highest BCUT2D eigenvalue weighted by atomic mass is 31.2. The Bertz CT molecular complexity index is 283. The molecule has 0 aromatic carbocycles. The van der Waals surface area contributed by atoms with Gasteiger partial charge in [0.25, 0.3) is 0 Å². The topological polar surface area (TPSA) is 54.0 Å². The van der Waals surface area contributed by atoms with E-state index < -0.39 is 7.67 Å². The molecule has 0 spiro atoms. The summed E-state index contributed by atoms with van der Waals surface area (Å²) in [6, 6.07) is 0.190. The Labute approximate surface area is 105 Å². The van der Waals surface area contributed by atoms with E-state index in [0.717, 1.165) is 13.1 Å². The average Bonchev–Trinajstić information content (AvgIpc) is 2.24. The van der Waals surface area contributed by atoms with Crippen LogP contribution in [0.5, 0.6) is 0 Å². The van der Waals surface area contributed by atoms with Crippen LogP contribution in [0.3, 0.4) is 0 Å². The second-order valence-corrected chi connectivity index (χ2v) is 7.22. The molecule has 6 nitrogen and oxygen atoms in total. The third-order valence-electron chi connectivity index (χ3n) is 2.75. The van der Waals surface area contributed by atoms with Crippen molar-refractivity contribution in [1.82, 2.24) is 14.7 Å². The molecule has 0 bridgehead atoms. The van der Waals surface area contributed by atoms with Crippen LogP contribution in [0.2, 0.25) is 0 Å². The van der Waals surface area contributed by atoms with Crippen molar-refractivity contribution in [3.63, 3.8) is 0 Å². The number of ether oxygens (including phenoxy) is 1. The molecule has 1 rings (SSSR count). The van der Waals surface area contributed by atoms with Gasteiger partial charge in [-0.1, -0.05) is 0 Å². The number of nitrogens with one attached hydrogen (secondary N) is 1. The summed E-state index contributed by atoms with van der Waals surface area (Å²) in [6.07, 6.45) is -0.0228. The van der Waals surface area contributed by atoms with Crippen LogP contribution >= 0.6 is 7.67 Å². The first-order valence-electron chi connectivity index (χ1n) is 5.83. The molecule has 1 fully saturated rings. The van der Waals surface area contributed by atoms with Crippen LogP contribution in [0.15, 0.2) is 0 Å². The summed E-state index contributed by atoms with van der Waals surface area (Å²) in [5, 5.41) is 2.73. The third kappa shape index (κ3) is 4.36. The Kier molecular flexibility index (Phi) is 5.63. The first-order valence-corrected chi connectivity index (χ1v) is 7.40. The van der Waals surface area contributed by atoms with E-state index in [9.17, 15) is 4.57 Å². The van der Waals surface area contributed by atoms with Crippen molar-refractivity contribution in [1.29, 1.82) is 0 Å². The first kappa shape index (κ1) is 15.2. The number of morpholine rings is 1. The van der Waals surface area contributed by atoms with Gasteiger partial charge in [-0.25, -0.2) is 9.76 Å². The lowest BCUT2D eigenvalue weighted by Gasteiger charge is -2.35. The lowest BCUT2D eigenvalue weighted by Crippen LogP contribution is -2.47. The molecule has 0 amide bonds. The van der Waals surface area contributed by atoms with Crippen LogP contribution in [0, 0.1) is 0 Å². The van der Waals surface area contributed by atoms with E-state index in [1.807, 2.05) is 7.85 Å². The summed E-state index contributed by atoms with van der Waals surface area (Å²) >= 11 is 0. The molecule has 1 N–H and O–H groups in total. The summed E-state index contributed by atoms with van der Waals surface area (Å²) in [5.41, 5.74) is 0. The molecule has 0 radical (unpaired) electrons. The molecule has 1 aliphatic heterocycles. The summed E-state index contributed by atoms with van der Waals surface area (Å²) in [5.74, 6) is 0. The van der Waals surface area contributed by atoms with Crippen molar-refractivity contribution >= 4 is 15.5 Å². The fraction of sp³-hybridized carbons (Fsp3) is 1.00. The minimum absolute atomic E-state index is 0.0228. The van der Waals surface area contributed by atoms with Gasteiger partial charge in [-0.3, -0.25) is 4.57 Å². The molecular formula is C9H23BN3O3P. The maximum Gasteiger partial charge on any atom is 0.342 e. The van der Waals surface area contributed by atoms with Crippen LogP contribution in [0.1, 0.15) is 0 Å². The first-order chi connectivity index (χ1) is 7.87. The van der Waals surface area contributed by atoms with Gasteiger partial charge in [-0.2, -0.15) is 0 Å². The zero-order chi connectivity index (χ0) is 13.1. The molecule has 100 valence electrons. The Balaban J connectivity index is 2.47. The highest BCUT2D eigenvalue weighted by Gasteiger charge is 2.28. The fourth-order valence-corrected chi connectivity index (χ4v) is 3.06. The zero-order valence-electron chi connectivity index (χ0n) is 11.3. The number of hydrogen-bond donors (Lipinski definition) is 1. The van der Waals surface area contributed by atoms with Gasteiger partial charge in [0.05, 0.1) is 12.7 Å². The summed E-state index contributed by atoms with van der Waals surface area (Å²) < 4.78 is 25.0. The van der Waals surface area contributed by atoms with Gasteiger partial charge >= 0.3 is 7.67 Å². The van der Waals surface area contributed by atoms with E-state index in [2.05, 4.69) is 17.0 Å². The SMILES string of the molecule is BC1CN(C)CC(COP(=O)(NC)N(C)C)O1. The van der Waals surface area contributed by atoms with Crippen molar-refractivity contribution in [3.05, 3.63) is 0 Å². The van der Waals surface area contributed by atoms with Crippen molar-refractivity contribution in [2.24, 2.45) is 0 Å². The predicted octanol–water partition coefficient (Wildman–Crippen LogP) is -0.818. The van der Waals surface area contributed by atoms with Crippen molar-refractivity contribution < 1.29 is 13.8 Å². The largest absolute Gasteiger partial charge is 0.379 e. The van der Waals surface area contributed by atoms with E-state index in [4.69, 9.17) is 9.26 Å². The van der Waals surface area contributed by atoms with Crippen LogP contribution in [-0.2, 0) is 13.8 Å². The zero-order valence-corrected chi connectivity index (χ0v) is 12.2. The van der Waals surface area contributed by atoms with E-state index in [0.29, 0.717) is 6.61 Å². The standard InChI is InChI=1S/C9H23BN3O3P/c1-11-17(14,12(2)3)15-7-8-5-13(4)6-9(10)16-8/h8-9H,5-7,10H2,1-4H3,(H,11,14). The van der Waals surface area contributed by atoms with Gasteiger partial charge in [0, 0.05) is 19.1 Å². The van der Waals surface area contributed by atoms with Crippen LogP contribution in [0.4, 0.5) is 0 Å². The summed E-state index contributed by atoms with van der Waals surface area (Å²) in [7, 11) is 6.29. The van der Waals surface area contributed by atoms with E-state index >= 15 is 0 Å². The molecule has 0 aromatic rings. The molecule has 3 atom stereocenters.